The van der Waals surface area contributed by atoms with Gasteiger partial charge in [-0.05, 0) is 25.5 Å². The molecule has 3 aromatic rings. The van der Waals surface area contributed by atoms with Crippen molar-refractivity contribution in [2.45, 2.75) is 26.3 Å². The summed E-state index contributed by atoms with van der Waals surface area (Å²) in [6.45, 7) is 4.56. The van der Waals surface area contributed by atoms with E-state index in [4.69, 9.17) is 4.74 Å². The highest BCUT2D eigenvalue weighted by atomic mass is 16.5. The molecule has 1 aliphatic rings. The Balaban J connectivity index is 1.70. The van der Waals surface area contributed by atoms with Crippen LogP contribution in [0.3, 0.4) is 0 Å². The minimum atomic E-state index is -0.127. The SMILES string of the molecule is COc1cnc2nc(C(=O)N3CCc4ncccc4[C@H]3C)[nH]c2c1C. The second kappa shape index (κ2) is 5.84. The molecular formula is C18H19N5O2. The van der Waals surface area contributed by atoms with Crippen molar-refractivity contribution >= 4 is 17.1 Å². The van der Waals surface area contributed by atoms with Crippen molar-refractivity contribution in [1.82, 2.24) is 24.8 Å². The van der Waals surface area contributed by atoms with Gasteiger partial charge >= 0.3 is 0 Å². The number of methoxy groups -OCH3 is 1. The van der Waals surface area contributed by atoms with E-state index in [0.29, 0.717) is 23.8 Å². The fourth-order valence-corrected chi connectivity index (χ4v) is 3.41. The fourth-order valence-electron chi connectivity index (χ4n) is 3.41. The lowest BCUT2D eigenvalue weighted by atomic mass is 9.98. The predicted octanol–water partition coefficient (Wildman–Crippen LogP) is 2.43. The molecule has 0 spiro atoms. The third kappa shape index (κ3) is 2.43. The number of aromatic nitrogens is 4. The van der Waals surface area contributed by atoms with E-state index in [9.17, 15) is 4.79 Å². The molecule has 0 fully saturated rings. The zero-order valence-electron chi connectivity index (χ0n) is 14.4. The van der Waals surface area contributed by atoms with Gasteiger partial charge in [-0.3, -0.25) is 9.78 Å². The van der Waals surface area contributed by atoms with Gasteiger partial charge in [0.1, 0.15) is 5.75 Å². The van der Waals surface area contributed by atoms with Crippen LogP contribution in [0.4, 0.5) is 0 Å². The molecule has 7 nitrogen and oxygen atoms in total. The van der Waals surface area contributed by atoms with Crippen LogP contribution >= 0.6 is 0 Å². The highest BCUT2D eigenvalue weighted by Gasteiger charge is 2.30. The van der Waals surface area contributed by atoms with Gasteiger partial charge in [0.15, 0.2) is 11.5 Å². The summed E-state index contributed by atoms with van der Waals surface area (Å²) < 4.78 is 5.28. The zero-order chi connectivity index (χ0) is 17.6. The van der Waals surface area contributed by atoms with Gasteiger partial charge in [-0.15, -0.1) is 0 Å². The third-order valence-corrected chi connectivity index (χ3v) is 4.85. The molecule has 25 heavy (non-hydrogen) atoms. The lowest BCUT2D eigenvalue weighted by molar-refractivity contribution is 0.0665. The van der Waals surface area contributed by atoms with Gasteiger partial charge < -0.3 is 14.6 Å². The molecule has 1 aliphatic heterocycles. The van der Waals surface area contributed by atoms with Crippen LogP contribution in [0, 0.1) is 6.92 Å². The van der Waals surface area contributed by atoms with Crippen LogP contribution in [0.25, 0.3) is 11.2 Å². The molecule has 4 heterocycles. The molecule has 0 saturated heterocycles. The molecule has 1 atom stereocenters. The average molecular weight is 337 g/mol. The van der Waals surface area contributed by atoms with Crippen LogP contribution in [0.2, 0.25) is 0 Å². The number of nitrogens with one attached hydrogen (secondary N) is 1. The molecule has 7 heteroatoms. The van der Waals surface area contributed by atoms with Crippen molar-refractivity contribution in [3.05, 3.63) is 47.2 Å². The number of aryl methyl sites for hydroxylation is 1. The lowest BCUT2D eigenvalue weighted by Crippen LogP contribution is -2.39. The Bertz CT molecular complexity index is 965. The number of rotatable bonds is 2. The van der Waals surface area contributed by atoms with Gasteiger partial charge in [0.05, 0.1) is 24.9 Å². The molecule has 0 bridgehead atoms. The van der Waals surface area contributed by atoms with Crippen LogP contribution in [-0.4, -0.2) is 44.4 Å². The summed E-state index contributed by atoms with van der Waals surface area (Å²) in [5.74, 6) is 0.845. The number of ether oxygens (including phenoxy) is 1. The smallest absolute Gasteiger partial charge is 0.290 e. The van der Waals surface area contributed by atoms with E-state index in [1.165, 1.54) is 0 Å². The molecule has 0 unspecified atom stereocenters. The maximum atomic E-state index is 13.0. The minimum Gasteiger partial charge on any atom is -0.495 e. The molecule has 4 rings (SSSR count). The van der Waals surface area contributed by atoms with E-state index in [1.807, 2.05) is 30.9 Å². The van der Waals surface area contributed by atoms with Gasteiger partial charge in [-0.1, -0.05) is 6.07 Å². The standard InChI is InChI=1S/C18H19N5O2/c1-10-14(25-3)9-20-16-15(10)21-17(22-16)18(24)23-8-6-13-12(11(23)2)5-4-7-19-13/h4-5,7,9,11H,6,8H2,1-3H3,(H,20,21,22)/t11-/m1/s1. The molecule has 0 aromatic carbocycles. The third-order valence-electron chi connectivity index (χ3n) is 4.85. The number of nitrogens with zero attached hydrogens (tertiary/aromatic N) is 4. The van der Waals surface area contributed by atoms with Crippen molar-refractivity contribution < 1.29 is 9.53 Å². The number of fused-ring (bicyclic) bond motifs is 2. The number of aromatic amines is 1. The topological polar surface area (TPSA) is 84.0 Å². The summed E-state index contributed by atoms with van der Waals surface area (Å²) in [6.07, 6.45) is 4.17. The molecule has 0 radical (unpaired) electrons. The van der Waals surface area contributed by atoms with Gasteiger partial charge in [0.2, 0.25) is 0 Å². The number of amides is 1. The first kappa shape index (κ1) is 15.6. The van der Waals surface area contributed by atoms with Crippen LogP contribution < -0.4 is 4.74 Å². The predicted molar refractivity (Wildman–Crippen MR) is 92.6 cm³/mol. The highest BCUT2D eigenvalue weighted by Crippen LogP contribution is 2.29. The molecule has 0 saturated carbocycles. The molecular weight excluding hydrogens is 318 g/mol. The largest absolute Gasteiger partial charge is 0.495 e. The average Bonchev–Trinajstić information content (AvgIpc) is 3.07. The first-order chi connectivity index (χ1) is 12.1. The highest BCUT2D eigenvalue weighted by molar-refractivity contribution is 5.94. The second-order valence-corrected chi connectivity index (χ2v) is 6.20. The minimum absolute atomic E-state index is 0.0400. The Morgan fingerprint density at radius 3 is 3.04 bits per heavy atom. The first-order valence-corrected chi connectivity index (χ1v) is 8.24. The van der Waals surface area contributed by atoms with Crippen molar-refractivity contribution in [1.29, 1.82) is 0 Å². The molecule has 0 aliphatic carbocycles. The summed E-state index contributed by atoms with van der Waals surface area (Å²) in [7, 11) is 1.60. The summed E-state index contributed by atoms with van der Waals surface area (Å²) in [4.78, 5) is 31.0. The molecule has 3 aromatic heterocycles. The van der Waals surface area contributed by atoms with E-state index in [-0.39, 0.29) is 11.9 Å². The Hall–Kier alpha value is -2.96. The van der Waals surface area contributed by atoms with E-state index in [1.54, 1.807) is 19.5 Å². The summed E-state index contributed by atoms with van der Waals surface area (Å²) in [5, 5.41) is 0. The number of pyridine rings is 2. The quantitative estimate of drug-likeness (QED) is 0.776. The first-order valence-electron chi connectivity index (χ1n) is 8.24. The Morgan fingerprint density at radius 2 is 2.24 bits per heavy atom. The van der Waals surface area contributed by atoms with E-state index < -0.39 is 0 Å². The van der Waals surface area contributed by atoms with Crippen LogP contribution in [0.1, 0.15) is 40.4 Å². The number of carbonyl (C=O) groups is 1. The Kier molecular flexibility index (Phi) is 3.63. The number of imidazole rings is 1. The van der Waals surface area contributed by atoms with Gasteiger partial charge in [-0.25, -0.2) is 9.97 Å². The summed E-state index contributed by atoms with van der Waals surface area (Å²) >= 11 is 0. The number of hydrogen-bond acceptors (Lipinski definition) is 5. The fraction of sp³-hybridized carbons (Fsp3) is 0.333. The molecule has 1 N–H and O–H groups in total. The maximum Gasteiger partial charge on any atom is 0.290 e. The second-order valence-electron chi connectivity index (χ2n) is 6.20. The van der Waals surface area contributed by atoms with Crippen LogP contribution in [-0.2, 0) is 6.42 Å². The maximum absolute atomic E-state index is 13.0. The monoisotopic (exact) mass is 337 g/mol. The lowest BCUT2D eigenvalue weighted by Gasteiger charge is -2.34. The van der Waals surface area contributed by atoms with Gasteiger partial charge in [0, 0.05) is 30.4 Å². The van der Waals surface area contributed by atoms with E-state index >= 15 is 0 Å². The van der Waals surface area contributed by atoms with E-state index in [2.05, 4.69) is 19.9 Å². The van der Waals surface area contributed by atoms with Gasteiger partial charge in [0.25, 0.3) is 5.91 Å². The van der Waals surface area contributed by atoms with E-state index in [0.717, 1.165) is 28.8 Å². The van der Waals surface area contributed by atoms with Gasteiger partial charge in [-0.2, -0.15) is 0 Å². The summed E-state index contributed by atoms with van der Waals surface area (Å²) in [5.41, 5.74) is 4.29. The summed E-state index contributed by atoms with van der Waals surface area (Å²) in [6, 6.07) is 3.90. The van der Waals surface area contributed by atoms with Crippen molar-refractivity contribution in [3.8, 4) is 5.75 Å². The number of H-pyrrole nitrogens is 1. The Morgan fingerprint density at radius 1 is 1.40 bits per heavy atom. The Labute approximate surface area is 145 Å². The normalized spacial score (nSPS) is 16.8. The molecule has 128 valence electrons. The zero-order valence-corrected chi connectivity index (χ0v) is 14.4. The molecule has 1 amide bonds. The van der Waals surface area contributed by atoms with Crippen molar-refractivity contribution in [3.63, 3.8) is 0 Å². The number of hydrogen-bond donors (Lipinski definition) is 1. The number of carbonyl (C=O) groups excluding carboxylic acids is 1. The van der Waals surface area contributed by atoms with Crippen molar-refractivity contribution in [2.24, 2.45) is 0 Å². The van der Waals surface area contributed by atoms with Crippen molar-refractivity contribution in [2.75, 3.05) is 13.7 Å². The van der Waals surface area contributed by atoms with Crippen LogP contribution in [0.15, 0.2) is 24.5 Å². The van der Waals surface area contributed by atoms with Crippen LogP contribution in [0.5, 0.6) is 5.75 Å².